The zero-order valence-electron chi connectivity index (χ0n) is 10.1. The lowest BCUT2D eigenvalue weighted by Gasteiger charge is -2.20. The highest BCUT2D eigenvalue weighted by molar-refractivity contribution is 5.27. The molecule has 92 valence electrons. The minimum Gasteiger partial charge on any atom is -0.495 e. The van der Waals surface area contributed by atoms with Crippen molar-refractivity contribution in [3.8, 4) is 0 Å². The monoisotopic (exact) mass is 234 g/mol. The fraction of sp³-hybridized carbons (Fsp3) is 0.429. The molecular formula is C14H18O3. The number of hydrogen-bond donors (Lipinski definition) is 1. The van der Waals surface area contributed by atoms with Crippen LogP contribution >= 0.6 is 0 Å². The molecule has 0 saturated heterocycles. The van der Waals surface area contributed by atoms with Crippen LogP contribution in [0.5, 0.6) is 0 Å². The molecule has 1 heterocycles. The minimum atomic E-state index is -0.646. The number of allylic oxidation sites excluding steroid dienone is 1. The summed E-state index contributed by atoms with van der Waals surface area (Å²) in [4.78, 5) is 0. The van der Waals surface area contributed by atoms with Crippen LogP contribution in [0.1, 0.15) is 30.1 Å². The molecule has 1 aromatic carbocycles. The van der Waals surface area contributed by atoms with E-state index in [1.807, 2.05) is 30.3 Å². The molecule has 3 heteroatoms. The van der Waals surface area contributed by atoms with Gasteiger partial charge in [-0.1, -0.05) is 24.3 Å². The van der Waals surface area contributed by atoms with Crippen LogP contribution in [-0.4, -0.2) is 18.8 Å². The fourth-order valence-corrected chi connectivity index (χ4v) is 1.89. The Balaban J connectivity index is 2.08. The molecule has 1 unspecified atom stereocenters. The molecule has 17 heavy (non-hydrogen) atoms. The number of aliphatic hydroxyl groups is 1. The maximum absolute atomic E-state index is 10.1. The average Bonchev–Trinajstić information content (AvgIpc) is 2.40. The molecule has 0 radical (unpaired) electrons. The maximum atomic E-state index is 10.1. The lowest BCUT2D eigenvalue weighted by atomic mass is 10.0. The first-order chi connectivity index (χ1) is 8.31. The molecule has 0 aromatic heterocycles. The van der Waals surface area contributed by atoms with E-state index in [0.29, 0.717) is 19.0 Å². The highest BCUT2D eigenvalue weighted by Gasteiger charge is 2.16. The maximum Gasteiger partial charge on any atom is 0.136 e. The Hall–Kier alpha value is -1.32. The van der Waals surface area contributed by atoms with E-state index in [1.54, 1.807) is 7.11 Å². The van der Waals surface area contributed by atoms with E-state index < -0.39 is 6.10 Å². The third-order valence-electron chi connectivity index (χ3n) is 2.84. The van der Waals surface area contributed by atoms with Gasteiger partial charge >= 0.3 is 0 Å². The zero-order chi connectivity index (χ0) is 12.1. The van der Waals surface area contributed by atoms with Crippen molar-refractivity contribution in [3.05, 3.63) is 47.2 Å². The molecule has 3 nitrogen and oxygen atoms in total. The van der Waals surface area contributed by atoms with Crippen LogP contribution in [-0.2, 0) is 16.1 Å². The molecule has 0 amide bonds. The number of aliphatic hydroxyl groups excluding tert-OH is 1. The van der Waals surface area contributed by atoms with E-state index in [9.17, 15) is 5.11 Å². The molecule has 0 spiro atoms. The van der Waals surface area contributed by atoms with Crippen LogP contribution in [0, 0.1) is 0 Å². The predicted octanol–water partition coefficient (Wildman–Crippen LogP) is 2.56. The molecule has 0 saturated carbocycles. The van der Waals surface area contributed by atoms with Crippen molar-refractivity contribution < 1.29 is 14.6 Å². The van der Waals surface area contributed by atoms with Gasteiger partial charge in [0, 0.05) is 7.11 Å². The van der Waals surface area contributed by atoms with Gasteiger partial charge in [-0.2, -0.15) is 0 Å². The summed E-state index contributed by atoms with van der Waals surface area (Å²) in [6.45, 7) is 1.29. The van der Waals surface area contributed by atoms with Crippen molar-refractivity contribution in [1.82, 2.24) is 0 Å². The number of hydrogen-bond acceptors (Lipinski definition) is 3. The van der Waals surface area contributed by atoms with E-state index >= 15 is 0 Å². The molecule has 0 fully saturated rings. The second kappa shape index (κ2) is 5.84. The summed E-state index contributed by atoms with van der Waals surface area (Å²) < 4.78 is 10.5. The number of ether oxygens (including phenoxy) is 2. The van der Waals surface area contributed by atoms with Gasteiger partial charge in [0.05, 0.1) is 13.2 Å². The first kappa shape index (κ1) is 12.1. The van der Waals surface area contributed by atoms with Crippen LogP contribution < -0.4 is 0 Å². The van der Waals surface area contributed by atoms with Crippen molar-refractivity contribution in [1.29, 1.82) is 0 Å². The van der Waals surface area contributed by atoms with Crippen molar-refractivity contribution in [2.75, 3.05) is 13.7 Å². The van der Waals surface area contributed by atoms with E-state index in [1.165, 1.54) is 0 Å². The lowest BCUT2D eigenvalue weighted by molar-refractivity contribution is 0.0917. The molecule has 1 aliphatic heterocycles. The van der Waals surface area contributed by atoms with Gasteiger partial charge in [0.1, 0.15) is 11.9 Å². The molecular weight excluding hydrogens is 216 g/mol. The average molecular weight is 234 g/mol. The second-order valence-corrected chi connectivity index (χ2v) is 4.17. The standard InChI is InChI=1S/C14H18O3/c1-16-10-11-5-7-12(8-6-11)14(15)13-4-2-3-9-17-13/h4-8,14-15H,2-3,9-10H2,1H3. The van der Waals surface area contributed by atoms with Crippen molar-refractivity contribution in [2.24, 2.45) is 0 Å². The van der Waals surface area contributed by atoms with Gasteiger partial charge in [-0.25, -0.2) is 0 Å². The summed E-state index contributed by atoms with van der Waals surface area (Å²) >= 11 is 0. The lowest BCUT2D eigenvalue weighted by Crippen LogP contribution is -2.09. The molecule has 0 bridgehead atoms. The third kappa shape index (κ3) is 3.08. The topological polar surface area (TPSA) is 38.7 Å². The van der Waals surface area contributed by atoms with Crippen LogP contribution in [0.2, 0.25) is 0 Å². The predicted molar refractivity (Wildman–Crippen MR) is 65.4 cm³/mol. The van der Waals surface area contributed by atoms with E-state index in [0.717, 1.165) is 24.0 Å². The van der Waals surface area contributed by atoms with Crippen molar-refractivity contribution in [3.63, 3.8) is 0 Å². The van der Waals surface area contributed by atoms with Gasteiger partial charge in [-0.05, 0) is 30.0 Å². The van der Waals surface area contributed by atoms with Gasteiger partial charge in [0.25, 0.3) is 0 Å². The quantitative estimate of drug-likeness (QED) is 0.870. The van der Waals surface area contributed by atoms with Crippen molar-refractivity contribution in [2.45, 2.75) is 25.6 Å². The Bertz CT molecular complexity index is 381. The molecule has 1 aromatic rings. The number of benzene rings is 1. The Morgan fingerprint density at radius 1 is 1.35 bits per heavy atom. The van der Waals surface area contributed by atoms with Crippen LogP contribution in [0.15, 0.2) is 36.1 Å². The van der Waals surface area contributed by atoms with Crippen LogP contribution in [0.3, 0.4) is 0 Å². The first-order valence-corrected chi connectivity index (χ1v) is 5.90. The Kier molecular flexibility index (Phi) is 4.18. The largest absolute Gasteiger partial charge is 0.495 e. The summed E-state index contributed by atoms with van der Waals surface area (Å²) in [5.41, 5.74) is 1.96. The van der Waals surface area contributed by atoms with Gasteiger partial charge in [0.15, 0.2) is 0 Å². The fourth-order valence-electron chi connectivity index (χ4n) is 1.89. The molecule has 0 aliphatic carbocycles. The second-order valence-electron chi connectivity index (χ2n) is 4.17. The van der Waals surface area contributed by atoms with Gasteiger partial charge in [0.2, 0.25) is 0 Å². The Morgan fingerprint density at radius 2 is 2.12 bits per heavy atom. The van der Waals surface area contributed by atoms with Crippen LogP contribution in [0.25, 0.3) is 0 Å². The summed E-state index contributed by atoms with van der Waals surface area (Å²) in [5.74, 6) is 0.677. The smallest absolute Gasteiger partial charge is 0.136 e. The minimum absolute atomic E-state index is 0.593. The number of rotatable bonds is 4. The summed E-state index contributed by atoms with van der Waals surface area (Å²) in [6.07, 6.45) is 3.33. The Labute approximate surface area is 102 Å². The number of methoxy groups -OCH3 is 1. The molecule has 2 rings (SSSR count). The van der Waals surface area contributed by atoms with Gasteiger partial charge < -0.3 is 14.6 Å². The highest BCUT2D eigenvalue weighted by Crippen LogP contribution is 2.26. The molecule has 1 N–H and O–H groups in total. The van der Waals surface area contributed by atoms with E-state index in [4.69, 9.17) is 9.47 Å². The van der Waals surface area contributed by atoms with E-state index in [2.05, 4.69) is 0 Å². The summed E-state index contributed by atoms with van der Waals surface area (Å²) in [6, 6.07) is 7.76. The Morgan fingerprint density at radius 3 is 2.71 bits per heavy atom. The summed E-state index contributed by atoms with van der Waals surface area (Å²) in [5, 5.41) is 10.1. The van der Waals surface area contributed by atoms with Crippen molar-refractivity contribution >= 4 is 0 Å². The summed E-state index contributed by atoms with van der Waals surface area (Å²) in [7, 11) is 1.67. The first-order valence-electron chi connectivity index (χ1n) is 5.90. The molecule has 1 aliphatic rings. The van der Waals surface area contributed by atoms with Crippen LogP contribution in [0.4, 0.5) is 0 Å². The normalized spacial score (nSPS) is 17.2. The highest BCUT2D eigenvalue weighted by atomic mass is 16.5. The van der Waals surface area contributed by atoms with Gasteiger partial charge in [-0.3, -0.25) is 0 Å². The third-order valence-corrected chi connectivity index (χ3v) is 2.84. The van der Waals surface area contributed by atoms with Gasteiger partial charge in [-0.15, -0.1) is 0 Å². The SMILES string of the molecule is COCc1ccc(C(O)C2=CCCCO2)cc1. The zero-order valence-corrected chi connectivity index (χ0v) is 10.1. The molecule has 1 atom stereocenters. The van der Waals surface area contributed by atoms with E-state index in [-0.39, 0.29) is 0 Å².